The summed E-state index contributed by atoms with van der Waals surface area (Å²) in [6, 6.07) is 8.43. The zero-order valence-electron chi connectivity index (χ0n) is 12.4. The molecule has 0 aliphatic carbocycles. The molecular formula is C16H26N2O. The number of hydrogen-bond acceptors (Lipinski definition) is 3. The molecule has 106 valence electrons. The average Bonchev–Trinajstić information content (AvgIpc) is 2.40. The van der Waals surface area contributed by atoms with Gasteiger partial charge in [-0.2, -0.15) is 0 Å². The number of nitrogens with two attached hydrogens (primary N) is 1. The van der Waals surface area contributed by atoms with E-state index in [1.54, 1.807) is 0 Å². The van der Waals surface area contributed by atoms with E-state index >= 15 is 0 Å². The Balaban J connectivity index is 2.17. The predicted molar refractivity (Wildman–Crippen MR) is 80.8 cm³/mol. The molecule has 1 saturated heterocycles. The van der Waals surface area contributed by atoms with Crippen LogP contribution in [0.15, 0.2) is 24.3 Å². The molecule has 1 aliphatic heterocycles. The van der Waals surface area contributed by atoms with Crippen LogP contribution in [-0.4, -0.2) is 25.2 Å². The van der Waals surface area contributed by atoms with Gasteiger partial charge in [-0.25, -0.2) is 0 Å². The number of ether oxygens (including phenoxy) is 1. The zero-order chi connectivity index (χ0) is 13.9. The number of anilines is 1. The molecule has 1 aromatic rings. The standard InChI is InChI=1S/C16H26N2O/c1-4-19-15-7-5-14(6-8-15)18-12-13(11-17)9-10-16(18,2)3/h5-8,13H,4,9-12,17H2,1-3H3. The quantitative estimate of drug-likeness (QED) is 0.906. The average molecular weight is 262 g/mol. The van der Waals surface area contributed by atoms with Crippen molar-refractivity contribution in [1.82, 2.24) is 0 Å². The van der Waals surface area contributed by atoms with Gasteiger partial charge < -0.3 is 15.4 Å². The lowest BCUT2D eigenvalue weighted by molar-refractivity contribution is 0.294. The summed E-state index contributed by atoms with van der Waals surface area (Å²) in [7, 11) is 0. The number of hydrogen-bond donors (Lipinski definition) is 1. The van der Waals surface area contributed by atoms with Crippen molar-refractivity contribution in [1.29, 1.82) is 0 Å². The number of nitrogens with zero attached hydrogens (tertiary/aromatic N) is 1. The van der Waals surface area contributed by atoms with Crippen LogP contribution in [0.25, 0.3) is 0 Å². The SMILES string of the molecule is CCOc1ccc(N2CC(CN)CCC2(C)C)cc1. The van der Waals surface area contributed by atoms with Crippen molar-refractivity contribution in [2.45, 2.75) is 39.2 Å². The van der Waals surface area contributed by atoms with E-state index in [0.29, 0.717) is 12.5 Å². The van der Waals surface area contributed by atoms with Crippen molar-refractivity contribution < 1.29 is 4.74 Å². The first kappa shape index (κ1) is 14.2. The Labute approximate surface area is 116 Å². The number of benzene rings is 1. The van der Waals surface area contributed by atoms with E-state index in [4.69, 9.17) is 10.5 Å². The van der Waals surface area contributed by atoms with E-state index in [1.807, 2.05) is 6.92 Å². The maximum absolute atomic E-state index is 5.85. The van der Waals surface area contributed by atoms with Crippen LogP contribution in [0.1, 0.15) is 33.6 Å². The fraction of sp³-hybridized carbons (Fsp3) is 0.625. The highest BCUT2D eigenvalue weighted by atomic mass is 16.5. The second-order valence-electron chi connectivity index (χ2n) is 5.99. The van der Waals surface area contributed by atoms with Crippen LogP contribution < -0.4 is 15.4 Å². The zero-order valence-corrected chi connectivity index (χ0v) is 12.4. The molecule has 1 aromatic carbocycles. The Kier molecular flexibility index (Phi) is 4.35. The highest BCUT2D eigenvalue weighted by molar-refractivity contribution is 5.51. The van der Waals surface area contributed by atoms with Crippen LogP contribution in [0.2, 0.25) is 0 Å². The second-order valence-corrected chi connectivity index (χ2v) is 5.99. The molecule has 19 heavy (non-hydrogen) atoms. The Morgan fingerprint density at radius 2 is 2.00 bits per heavy atom. The van der Waals surface area contributed by atoms with Gasteiger partial charge in [-0.1, -0.05) is 0 Å². The summed E-state index contributed by atoms with van der Waals surface area (Å²) in [5.74, 6) is 1.55. The maximum Gasteiger partial charge on any atom is 0.119 e. The summed E-state index contributed by atoms with van der Waals surface area (Å²) in [6.45, 7) is 9.19. The second kappa shape index (κ2) is 5.83. The minimum absolute atomic E-state index is 0.207. The van der Waals surface area contributed by atoms with Crippen molar-refractivity contribution in [2.75, 3.05) is 24.6 Å². The van der Waals surface area contributed by atoms with Gasteiger partial charge in [0, 0.05) is 17.8 Å². The van der Waals surface area contributed by atoms with Crippen molar-refractivity contribution in [3.63, 3.8) is 0 Å². The third kappa shape index (κ3) is 3.21. The third-order valence-electron chi connectivity index (χ3n) is 4.13. The third-order valence-corrected chi connectivity index (χ3v) is 4.13. The molecule has 0 radical (unpaired) electrons. The van der Waals surface area contributed by atoms with Gasteiger partial charge in [-0.05, 0) is 70.3 Å². The van der Waals surface area contributed by atoms with Gasteiger partial charge in [0.2, 0.25) is 0 Å². The van der Waals surface area contributed by atoms with Gasteiger partial charge in [-0.15, -0.1) is 0 Å². The van der Waals surface area contributed by atoms with E-state index < -0.39 is 0 Å². The lowest BCUT2D eigenvalue weighted by Gasteiger charge is -2.47. The molecule has 2 rings (SSSR count). The maximum atomic E-state index is 5.85. The van der Waals surface area contributed by atoms with E-state index in [9.17, 15) is 0 Å². The summed E-state index contributed by atoms with van der Waals surface area (Å²) < 4.78 is 5.50. The first-order chi connectivity index (χ1) is 9.06. The molecule has 0 amide bonds. The molecule has 2 N–H and O–H groups in total. The molecule has 1 aliphatic rings. The van der Waals surface area contributed by atoms with Crippen molar-refractivity contribution in [3.8, 4) is 5.75 Å². The summed E-state index contributed by atoms with van der Waals surface area (Å²) in [5.41, 5.74) is 7.33. The molecule has 3 nitrogen and oxygen atoms in total. The summed E-state index contributed by atoms with van der Waals surface area (Å²) in [5, 5.41) is 0. The molecule has 1 atom stereocenters. The molecule has 1 fully saturated rings. The van der Waals surface area contributed by atoms with Crippen LogP contribution >= 0.6 is 0 Å². The monoisotopic (exact) mass is 262 g/mol. The van der Waals surface area contributed by atoms with Gasteiger partial charge in [-0.3, -0.25) is 0 Å². The predicted octanol–water partition coefficient (Wildman–Crippen LogP) is 3.04. The molecule has 0 spiro atoms. The van der Waals surface area contributed by atoms with Gasteiger partial charge in [0.25, 0.3) is 0 Å². The molecule has 0 aromatic heterocycles. The molecular weight excluding hydrogens is 236 g/mol. The largest absolute Gasteiger partial charge is 0.494 e. The van der Waals surface area contributed by atoms with Gasteiger partial charge >= 0.3 is 0 Å². The van der Waals surface area contributed by atoms with Gasteiger partial charge in [0.05, 0.1) is 6.61 Å². The minimum atomic E-state index is 0.207. The molecule has 1 unspecified atom stereocenters. The summed E-state index contributed by atoms with van der Waals surface area (Å²) >= 11 is 0. The van der Waals surface area contributed by atoms with Crippen molar-refractivity contribution in [3.05, 3.63) is 24.3 Å². The smallest absolute Gasteiger partial charge is 0.119 e. The van der Waals surface area contributed by atoms with Crippen LogP contribution in [0.4, 0.5) is 5.69 Å². The number of piperidine rings is 1. The van der Waals surface area contributed by atoms with Crippen molar-refractivity contribution in [2.24, 2.45) is 11.7 Å². The van der Waals surface area contributed by atoms with E-state index in [2.05, 4.69) is 43.0 Å². The number of rotatable bonds is 4. The van der Waals surface area contributed by atoms with Crippen LogP contribution in [0.5, 0.6) is 5.75 Å². The normalized spacial score (nSPS) is 22.3. The fourth-order valence-electron chi connectivity index (χ4n) is 2.83. The highest BCUT2D eigenvalue weighted by Crippen LogP contribution is 2.35. The highest BCUT2D eigenvalue weighted by Gasteiger charge is 2.33. The lowest BCUT2D eigenvalue weighted by Crippen LogP contribution is -2.51. The Hall–Kier alpha value is -1.22. The molecule has 3 heteroatoms. The first-order valence-corrected chi connectivity index (χ1v) is 7.27. The Morgan fingerprint density at radius 1 is 1.32 bits per heavy atom. The van der Waals surface area contributed by atoms with E-state index in [-0.39, 0.29) is 5.54 Å². The fourth-order valence-corrected chi connectivity index (χ4v) is 2.83. The van der Waals surface area contributed by atoms with Crippen LogP contribution in [-0.2, 0) is 0 Å². The first-order valence-electron chi connectivity index (χ1n) is 7.27. The van der Waals surface area contributed by atoms with Crippen molar-refractivity contribution >= 4 is 5.69 Å². The van der Waals surface area contributed by atoms with Crippen LogP contribution in [0.3, 0.4) is 0 Å². The van der Waals surface area contributed by atoms with Gasteiger partial charge in [0.1, 0.15) is 5.75 Å². The molecule has 0 saturated carbocycles. The van der Waals surface area contributed by atoms with E-state index in [1.165, 1.54) is 18.5 Å². The summed E-state index contributed by atoms with van der Waals surface area (Å²) in [4.78, 5) is 2.49. The minimum Gasteiger partial charge on any atom is -0.494 e. The molecule has 1 heterocycles. The molecule has 0 bridgehead atoms. The Bertz CT molecular complexity index is 400. The summed E-state index contributed by atoms with van der Waals surface area (Å²) in [6.07, 6.45) is 2.43. The lowest BCUT2D eigenvalue weighted by atomic mass is 9.84. The van der Waals surface area contributed by atoms with Gasteiger partial charge in [0.15, 0.2) is 0 Å². The van der Waals surface area contributed by atoms with E-state index in [0.717, 1.165) is 18.8 Å². The van der Waals surface area contributed by atoms with Crippen LogP contribution in [0, 0.1) is 5.92 Å². The Morgan fingerprint density at radius 3 is 2.58 bits per heavy atom. The topological polar surface area (TPSA) is 38.5 Å².